The maximum Gasteiger partial charge on any atom is 0.328 e. The monoisotopic (exact) mass is 452 g/mol. The van der Waals surface area contributed by atoms with Crippen molar-refractivity contribution in [2.75, 3.05) is 25.0 Å². The Bertz CT molecular complexity index is 1230. The molecule has 0 bridgehead atoms. The summed E-state index contributed by atoms with van der Waals surface area (Å²) in [5, 5.41) is 3.88. The fraction of sp³-hybridized carbons (Fsp3) is 0.440. The van der Waals surface area contributed by atoms with Gasteiger partial charge in [0, 0.05) is 37.9 Å². The second-order valence-corrected chi connectivity index (χ2v) is 9.81. The standard InChI is InChI=1S/C25H29ClN4O2/c1-28-22-10-9-19(12-23(22)29(2)25(28)32)27-24(31)15-30-13-18-8-7-16(20(18)14-30)11-17-5-3-4-6-21(17)26/h3-6,9-10,12,16,18,20H,7-8,11,13-15H2,1-2H3,(H,27,31)/t16-,18-,20-/m1/s1. The summed E-state index contributed by atoms with van der Waals surface area (Å²) in [5.41, 5.74) is 3.56. The summed E-state index contributed by atoms with van der Waals surface area (Å²) >= 11 is 6.39. The molecule has 1 amide bonds. The van der Waals surface area contributed by atoms with E-state index in [1.807, 2.05) is 30.3 Å². The molecule has 3 aromatic rings. The number of hydrogen-bond acceptors (Lipinski definition) is 3. The first-order chi connectivity index (χ1) is 15.4. The van der Waals surface area contributed by atoms with Gasteiger partial charge in [0.05, 0.1) is 17.6 Å². The maximum absolute atomic E-state index is 12.8. The molecule has 168 valence electrons. The fourth-order valence-electron chi connectivity index (χ4n) is 5.79. The van der Waals surface area contributed by atoms with E-state index < -0.39 is 0 Å². The van der Waals surface area contributed by atoms with Gasteiger partial charge in [0.25, 0.3) is 0 Å². The lowest BCUT2D eigenvalue weighted by molar-refractivity contribution is -0.117. The van der Waals surface area contributed by atoms with Crippen LogP contribution in [0.5, 0.6) is 0 Å². The molecule has 1 aromatic heterocycles. The van der Waals surface area contributed by atoms with Gasteiger partial charge in [-0.25, -0.2) is 4.79 Å². The summed E-state index contributed by atoms with van der Waals surface area (Å²) in [6, 6.07) is 13.8. The highest BCUT2D eigenvalue weighted by molar-refractivity contribution is 6.31. The second-order valence-electron chi connectivity index (χ2n) is 9.40. The number of amides is 1. The van der Waals surface area contributed by atoms with Crippen molar-refractivity contribution >= 4 is 34.2 Å². The van der Waals surface area contributed by atoms with Gasteiger partial charge in [0.1, 0.15) is 0 Å². The molecule has 2 heterocycles. The quantitative estimate of drug-likeness (QED) is 0.642. The number of aromatic nitrogens is 2. The van der Waals surface area contributed by atoms with E-state index in [4.69, 9.17) is 11.6 Å². The summed E-state index contributed by atoms with van der Waals surface area (Å²) in [7, 11) is 3.50. The van der Waals surface area contributed by atoms with E-state index in [2.05, 4.69) is 22.3 Å². The number of nitrogens with one attached hydrogen (secondary N) is 1. The summed E-state index contributed by atoms with van der Waals surface area (Å²) in [5.74, 6) is 1.93. The minimum Gasteiger partial charge on any atom is -0.325 e. The van der Waals surface area contributed by atoms with Gasteiger partial charge in [-0.2, -0.15) is 0 Å². The predicted molar refractivity (Wildman–Crippen MR) is 128 cm³/mol. The molecule has 7 heteroatoms. The van der Waals surface area contributed by atoms with E-state index in [1.165, 1.54) is 18.4 Å². The lowest BCUT2D eigenvalue weighted by Gasteiger charge is -2.21. The van der Waals surface area contributed by atoms with E-state index in [0.717, 1.165) is 41.3 Å². The number of aryl methyl sites for hydroxylation is 2. The molecule has 0 spiro atoms. The minimum absolute atomic E-state index is 0.00657. The van der Waals surface area contributed by atoms with Crippen LogP contribution in [0, 0.1) is 17.8 Å². The number of rotatable bonds is 5. The highest BCUT2D eigenvalue weighted by Gasteiger charge is 2.42. The van der Waals surface area contributed by atoms with Crippen molar-refractivity contribution in [3.63, 3.8) is 0 Å². The molecule has 6 nitrogen and oxygen atoms in total. The number of anilines is 1. The van der Waals surface area contributed by atoms with Gasteiger partial charge in [-0.1, -0.05) is 29.8 Å². The van der Waals surface area contributed by atoms with E-state index in [9.17, 15) is 9.59 Å². The second kappa shape index (κ2) is 8.41. The number of fused-ring (bicyclic) bond motifs is 2. The van der Waals surface area contributed by atoms with Gasteiger partial charge >= 0.3 is 5.69 Å². The first kappa shape index (κ1) is 21.3. The van der Waals surface area contributed by atoms with Crippen molar-refractivity contribution in [1.29, 1.82) is 0 Å². The Balaban J connectivity index is 1.21. The van der Waals surface area contributed by atoms with Crippen molar-refractivity contribution in [3.05, 3.63) is 63.5 Å². The topological polar surface area (TPSA) is 59.3 Å². The zero-order valence-electron chi connectivity index (χ0n) is 18.6. The Hall–Kier alpha value is -2.57. The van der Waals surface area contributed by atoms with Gasteiger partial charge in [-0.3, -0.25) is 18.8 Å². The van der Waals surface area contributed by atoms with Crippen molar-refractivity contribution in [2.45, 2.75) is 19.3 Å². The average Bonchev–Trinajstić information content (AvgIpc) is 3.39. The SMILES string of the molecule is Cn1c(=O)n(C)c2cc(NC(=O)CN3C[C@H]4CC[C@H](Cc5ccccc5Cl)[C@H]4C3)ccc21. The van der Waals surface area contributed by atoms with Crippen molar-refractivity contribution in [3.8, 4) is 0 Å². The van der Waals surface area contributed by atoms with Gasteiger partial charge in [0.15, 0.2) is 0 Å². The molecule has 1 saturated carbocycles. The number of benzene rings is 2. The zero-order valence-corrected chi connectivity index (χ0v) is 19.3. The van der Waals surface area contributed by atoms with Crippen molar-refractivity contribution in [1.82, 2.24) is 14.0 Å². The van der Waals surface area contributed by atoms with Gasteiger partial charge in [0.2, 0.25) is 5.91 Å². The molecule has 1 saturated heterocycles. The molecule has 2 aliphatic rings. The largest absolute Gasteiger partial charge is 0.328 e. The summed E-state index contributed by atoms with van der Waals surface area (Å²) in [4.78, 5) is 27.2. The molecule has 2 fully saturated rings. The molecule has 32 heavy (non-hydrogen) atoms. The van der Waals surface area contributed by atoms with Crippen LogP contribution in [0.3, 0.4) is 0 Å². The number of likely N-dealkylation sites (tertiary alicyclic amines) is 1. The molecule has 5 rings (SSSR count). The highest BCUT2D eigenvalue weighted by Crippen LogP contribution is 2.44. The molecular formula is C25H29ClN4O2. The van der Waals surface area contributed by atoms with Crippen LogP contribution in [0.1, 0.15) is 18.4 Å². The van der Waals surface area contributed by atoms with Crippen LogP contribution in [0.25, 0.3) is 11.0 Å². The zero-order chi connectivity index (χ0) is 22.4. The molecule has 2 aromatic carbocycles. The maximum atomic E-state index is 12.8. The first-order valence-electron chi connectivity index (χ1n) is 11.3. The van der Waals surface area contributed by atoms with Crippen LogP contribution in [-0.4, -0.2) is 39.6 Å². The van der Waals surface area contributed by atoms with E-state index in [1.54, 1.807) is 23.2 Å². The van der Waals surface area contributed by atoms with Gasteiger partial charge in [-0.05, 0) is 66.8 Å². The molecule has 1 aliphatic heterocycles. The van der Waals surface area contributed by atoms with E-state index in [0.29, 0.717) is 24.3 Å². The summed E-state index contributed by atoms with van der Waals surface area (Å²) in [6.07, 6.45) is 3.50. The average molecular weight is 453 g/mol. The Kier molecular flexibility index (Phi) is 5.59. The lowest BCUT2D eigenvalue weighted by Crippen LogP contribution is -2.32. The molecule has 1 N–H and O–H groups in total. The van der Waals surface area contributed by atoms with Crippen molar-refractivity contribution in [2.24, 2.45) is 31.8 Å². The number of halogens is 1. The molecule has 0 radical (unpaired) electrons. The number of hydrogen-bond donors (Lipinski definition) is 1. The third-order valence-corrected chi connectivity index (χ3v) is 7.81. The summed E-state index contributed by atoms with van der Waals surface area (Å²) < 4.78 is 3.22. The molecule has 0 unspecified atom stereocenters. The third kappa shape index (κ3) is 3.86. The first-order valence-corrected chi connectivity index (χ1v) is 11.7. The smallest absolute Gasteiger partial charge is 0.325 e. The number of carbonyl (C=O) groups excluding carboxylic acids is 1. The van der Waals surface area contributed by atoms with Crippen LogP contribution in [0.15, 0.2) is 47.3 Å². The molecular weight excluding hydrogens is 424 g/mol. The van der Waals surface area contributed by atoms with E-state index in [-0.39, 0.29) is 11.6 Å². The van der Waals surface area contributed by atoms with Gasteiger partial charge in [-0.15, -0.1) is 0 Å². The van der Waals surface area contributed by atoms with E-state index >= 15 is 0 Å². The lowest BCUT2D eigenvalue weighted by atomic mass is 9.87. The van der Waals surface area contributed by atoms with Crippen LogP contribution < -0.4 is 11.0 Å². The van der Waals surface area contributed by atoms with Crippen LogP contribution in [-0.2, 0) is 25.3 Å². The van der Waals surface area contributed by atoms with Gasteiger partial charge < -0.3 is 5.32 Å². The molecule has 1 aliphatic carbocycles. The third-order valence-electron chi connectivity index (χ3n) is 7.44. The summed E-state index contributed by atoms with van der Waals surface area (Å²) in [6.45, 7) is 2.36. The number of imidazole rings is 1. The van der Waals surface area contributed by atoms with Crippen molar-refractivity contribution < 1.29 is 4.79 Å². The normalized spacial score (nSPS) is 23.0. The number of nitrogens with zero attached hydrogens (tertiary/aromatic N) is 3. The Morgan fingerprint density at radius 2 is 1.84 bits per heavy atom. The number of carbonyl (C=O) groups is 1. The minimum atomic E-state index is -0.0709. The Morgan fingerprint density at radius 3 is 2.66 bits per heavy atom. The molecule has 3 atom stereocenters. The van der Waals surface area contributed by atoms with Crippen LogP contribution in [0.4, 0.5) is 5.69 Å². The van der Waals surface area contributed by atoms with Crippen LogP contribution >= 0.6 is 11.6 Å². The Morgan fingerprint density at radius 1 is 1.06 bits per heavy atom. The highest BCUT2D eigenvalue weighted by atomic mass is 35.5. The Labute approximate surface area is 192 Å². The fourth-order valence-corrected chi connectivity index (χ4v) is 6.00. The van der Waals surface area contributed by atoms with Crippen LogP contribution in [0.2, 0.25) is 5.02 Å². The predicted octanol–water partition coefficient (Wildman–Crippen LogP) is 3.67.